The molecule has 0 heterocycles. The van der Waals surface area contributed by atoms with Gasteiger partial charge < -0.3 is 9.22 Å². The van der Waals surface area contributed by atoms with E-state index in [0.29, 0.717) is 28.8 Å². The summed E-state index contributed by atoms with van der Waals surface area (Å²) in [6.45, 7) is 27.6. The Morgan fingerprint density at radius 1 is 0.921 bits per heavy atom. The Kier molecular flexibility index (Phi) is 6.73. The van der Waals surface area contributed by atoms with Gasteiger partial charge in [-0.15, -0.1) is 0 Å². The van der Waals surface area contributed by atoms with Crippen LogP contribution in [0.5, 0.6) is 0 Å². The van der Waals surface area contributed by atoms with Gasteiger partial charge in [0.15, 0.2) is 8.32 Å². The Bertz CT molecular complexity index is 988. The van der Waals surface area contributed by atoms with Crippen molar-refractivity contribution in [3.05, 3.63) is 11.6 Å². The standard InChI is InChI=1S/C35H60O2Si/c1-24-14-19-35(23-36)21-20-33(8)25(26(35)22-24)12-13-28-32(7)17-16-29(37-38(10,11)30(2,3)4)31(5,6)27(32)15-18-34(28,33)9/h12,23-24,26-29H,13-22H2,1-11H3/t24-,26-,27?,28?,29-,32-,33-,34+,35+/m0/s1. The molecule has 38 heavy (non-hydrogen) atoms. The van der Waals surface area contributed by atoms with Gasteiger partial charge in [0.2, 0.25) is 0 Å². The summed E-state index contributed by atoms with van der Waals surface area (Å²) in [6, 6.07) is 0. The highest BCUT2D eigenvalue weighted by atomic mass is 28.4. The predicted octanol–water partition coefficient (Wildman–Crippen LogP) is 9.99. The second-order valence-corrected chi connectivity index (χ2v) is 22.6. The average molecular weight is 541 g/mol. The van der Waals surface area contributed by atoms with Crippen LogP contribution in [0.25, 0.3) is 0 Å². The maximum atomic E-state index is 12.6. The monoisotopic (exact) mass is 540 g/mol. The van der Waals surface area contributed by atoms with Crippen molar-refractivity contribution in [2.24, 2.45) is 50.7 Å². The summed E-state index contributed by atoms with van der Waals surface area (Å²) in [7, 11) is -1.82. The second-order valence-electron chi connectivity index (χ2n) is 17.8. The van der Waals surface area contributed by atoms with E-state index in [1.54, 1.807) is 5.57 Å². The average Bonchev–Trinajstić information content (AvgIpc) is 2.81. The Hall–Kier alpha value is -0.413. The maximum absolute atomic E-state index is 12.6. The lowest BCUT2D eigenvalue weighted by Crippen LogP contribution is -2.65. The summed E-state index contributed by atoms with van der Waals surface area (Å²) in [5.41, 5.74) is 2.74. The molecule has 0 bridgehead atoms. The second kappa shape index (κ2) is 8.79. The molecule has 0 saturated heterocycles. The van der Waals surface area contributed by atoms with Crippen LogP contribution in [-0.4, -0.2) is 20.7 Å². The molecule has 5 rings (SSSR count). The number of aldehydes is 1. The molecule has 2 nitrogen and oxygen atoms in total. The molecule has 2 unspecified atom stereocenters. The number of hydrogen-bond donors (Lipinski definition) is 0. The summed E-state index contributed by atoms with van der Waals surface area (Å²) in [6.07, 6.45) is 16.8. The van der Waals surface area contributed by atoms with E-state index in [9.17, 15) is 4.79 Å². The fraction of sp³-hybridized carbons (Fsp3) is 0.914. The molecule has 9 atom stereocenters. The van der Waals surface area contributed by atoms with Crippen LogP contribution in [0.4, 0.5) is 0 Å². The van der Waals surface area contributed by atoms with Crippen molar-refractivity contribution >= 4 is 14.6 Å². The van der Waals surface area contributed by atoms with E-state index in [0.717, 1.165) is 24.7 Å². The molecule has 0 aromatic rings. The minimum Gasteiger partial charge on any atom is -0.413 e. The largest absolute Gasteiger partial charge is 0.413 e. The first-order chi connectivity index (χ1) is 17.4. The van der Waals surface area contributed by atoms with Crippen molar-refractivity contribution in [3.63, 3.8) is 0 Å². The van der Waals surface area contributed by atoms with E-state index in [1.807, 2.05) is 0 Å². The maximum Gasteiger partial charge on any atom is 0.192 e. The molecule has 4 saturated carbocycles. The van der Waals surface area contributed by atoms with Gasteiger partial charge in [-0.3, -0.25) is 0 Å². The van der Waals surface area contributed by atoms with E-state index in [2.05, 4.69) is 81.5 Å². The lowest BCUT2D eigenvalue weighted by atomic mass is 9.34. The van der Waals surface area contributed by atoms with Gasteiger partial charge >= 0.3 is 0 Å². The van der Waals surface area contributed by atoms with E-state index < -0.39 is 8.32 Å². The summed E-state index contributed by atoms with van der Waals surface area (Å²) < 4.78 is 7.21. The first-order valence-electron chi connectivity index (χ1n) is 16.2. The van der Waals surface area contributed by atoms with Gasteiger partial charge in [-0.2, -0.15) is 0 Å². The van der Waals surface area contributed by atoms with Gasteiger partial charge in [-0.05, 0) is 128 Å². The number of allylic oxidation sites excluding steroid dienone is 2. The summed E-state index contributed by atoms with van der Waals surface area (Å²) in [4.78, 5) is 12.6. The van der Waals surface area contributed by atoms with Gasteiger partial charge in [0.1, 0.15) is 6.29 Å². The zero-order valence-electron chi connectivity index (χ0n) is 26.9. The Morgan fingerprint density at radius 3 is 2.24 bits per heavy atom. The van der Waals surface area contributed by atoms with Crippen LogP contribution in [0.3, 0.4) is 0 Å². The van der Waals surface area contributed by atoms with Gasteiger partial charge in [0, 0.05) is 5.41 Å². The van der Waals surface area contributed by atoms with Crippen molar-refractivity contribution in [3.8, 4) is 0 Å². The minimum atomic E-state index is -1.82. The Morgan fingerprint density at radius 2 is 1.61 bits per heavy atom. The molecule has 0 N–H and O–H groups in total. The molecule has 0 aliphatic heterocycles. The third-order valence-electron chi connectivity index (χ3n) is 14.8. The molecule has 0 radical (unpaired) electrons. The van der Waals surface area contributed by atoms with Crippen molar-refractivity contribution in [2.75, 3.05) is 0 Å². The Balaban J connectivity index is 1.49. The van der Waals surface area contributed by atoms with Crippen LogP contribution in [0, 0.1) is 50.7 Å². The zero-order chi connectivity index (χ0) is 28.2. The number of carbonyl (C=O) groups excluding carboxylic acids is 1. The number of hydrogen-bond acceptors (Lipinski definition) is 2. The topological polar surface area (TPSA) is 26.3 Å². The van der Waals surface area contributed by atoms with Gasteiger partial charge in [0.05, 0.1) is 6.10 Å². The smallest absolute Gasteiger partial charge is 0.192 e. The molecular weight excluding hydrogens is 480 g/mol. The zero-order valence-corrected chi connectivity index (χ0v) is 27.9. The van der Waals surface area contributed by atoms with Gasteiger partial charge in [0.25, 0.3) is 0 Å². The van der Waals surface area contributed by atoms with E-state index in [-0.39, 0.29) is 21.3 Å². The van der Waals surface area contributed by atoms with Gasteiger partial charge in [-0.1, -0.05) is 74.0 Å². The minimum absolute atomic E-state index is 0.0801. The number of rotatable bonds is 3. The van der Waals surface area contributed by atoms with Crippen molar-refractivity contribution < 1.29 is 9.22 Å². The van der Waals surface area contributed by atoms with Gasteiger partial charge in [-0.25, -0.2) is 0 Å². The SMILES string of the molecule is C[C@H]1CC[C@]2(C=O)CC[C@@]3(C)C(=CCC4[C@@]5(C)CC[C@H](O[Si](C)(C)C(C)(C)C)C(C)(C)C5CC[C@]43C)[C@@H]2C1. The number of fused-ring (bicyclic) bond motifs is 7. The lowest BCUT2D eigenvalue weighted by molar-refractivity contribution is -0.200. The van der Waals surface area contributed by atoms with Crippen LogP contribution < -0.4 is 0 Å². The van der Waals surface area contributed by atoms with Crippen molar-refractivity contribution in [2.45, 2.75) is 151 Å². The first kappa shape index (κ1) is 29.1. The summed E-state index contributed by atoms with van der Waals surface area (Å²) in [5.74, 6) is 2.66. The first-order valence-corrected chi connectivity index (χ1v) is 19.1. The molecule has 0 amide bonds. The molecule has 5 aliphatic carbocycles. The van der Waals surface area contributed by atoms with Crippen LogP contribution in [0.15, 0.2) is 11.6 Å². The summed E-state index contributed by atoms with van der Waals surface area (Å²) in [5, 5.41) is 0.252. The van der Waals surface area contributed by atoms with Crippen molar-refractivity contribution in [1.82, 2.24) is 0 Å². The third-order valence-corrected chi connectivity index (χ3v) is 19.3. The van der Waals surface area contributed by atoms with E-state index in [1.165, 1.54) is 57.7 Å². The molecule has 0 spiro atoms. The molecule has 5 aliphatic rings. The highest BCUT2D eigenvalue weighted by Crippen LogP contribution is 2.75. The molecule has 0 aromatic carbocycles. The van der Waals surface area contributed by atoms with Crippen LogP contribution in [-0.2, 0) is 9.22 Å². The molecule has 216 valence electrons. The summed E-state index contributed by atoms with van der Waals surface area (Å²) >= 11 is 0. The fourth-order valence-electron chi connectivity index (χ4n) is 11.1. The highest BCUT2D eigenvalue weighted by molar-refractivity contribution is 6.74. The van der Waals surface area contributed by atoms with Crippen LogP contribution in [0.2, 0.25) is 18.1 Å². The normalized spacial score (nSPS) is 48.6. The highest BCUT2D eigenvalue weighted by Gasteiger charge is 2.68. The van der Waals surface area contributed by atoms with E-state index in [4.69, 9.17) is 4.43 Å². The molecule has 4 fully saturated rings. The predicted molar refractivity (Wildman–Crippen MR) is 163 cm³/mol. The Labute approximate surface area is 236 Å². The molecule has 0 aromatic heterocycles. The van der Waals surface area contributed by atoms with Crippen molar-refractivity contribution in [1.29, 1.82) is 0 Å². The molecule has 3 heteroatoms. The lowest BCUT2D eigenvalue weighted by Gasteiger charge is -2.71. The van der Waals surface area contributed by atoms with E-state index >= 15 is 0 Å². The van der Waals surface area contributed by atoms with Crippen LogP contribution >= 0.6 is 0 Å². The fourth-order valence-corrected chi connectivity index (χ4v) is 12.6. The molecular formula is C35H60O2Si. The third kappa shape index (κ3) is 3.82. The van der Waals surface area contributed by atoms with Crippen LogP contribution in [0.1, 0.15) is 127 Å². The number of carbonyl (C=O) groups is 1. The quantitative estimate of drug-likeness (QED) is 0.202.